The number of nitrogens with one attached hydrogen (secondary N) is 2. The lowest BCUT2D eigenvalue weighted by atomic mass is 10.1. The highest BCUT2D eigenvalue weighted by Crippen LogP contribution is 2.20. The number of fused-ring (bicyclic) bond motifs is 1. The molecular weight excluding hydrogens is 354 g/mol. The van der Waals surface area contributed by atoms with Crippen LogP contribution >= 0.6 is 0 Å². The maximum absolute atomic E-state index is 12.7. The number of rotatable bonds is 6. The van der Waals surface area contributed by atoms with E-state index < -0.39 is 0 Å². The summed E-state index contributed by atoms with van der Waals surface area (Å²) < 4.78 is 1.69. The predicted molar refractivity (Wildman–Crippen MR) is 107 cm³/mol. The van der Waals surface area contributed by atoms with Gasteiger partial charge in [0.05, 0.1) is 5.92 Å². The fourth-order valence-electron chi connectivity index (χ4n) is 3.89. The number of carbonyl (C=O) groups excluding carboxylic acids is 2. The Kier molecular flexibility index (Phi) is 5.14. The van der Waals surface area contributed by atoms with Crippen LogP contribution in [0.25, 0.3) is 10.9 Å². The molecule has 2 amide bonds. The number of H-pyrrole nitrogens is 1. The van der Waals surface area contributed by atoms with Crippen LogP contribution in [0.4, 0.5) is 0 Å². The molecule has 1 aliphatic heterocycles. The lowest BCUT2D eigenvalue weighted by Crippen LogP contribution is -2.36. The van der Waals surface area contributed by atoms with Crippen molar-refractivity contribution in [1.29, 1.82) is 0 Å². The zero-order valence-corrected chi connectivity index (χ0v) is 16.0. The monoisotopic (exact) mass is 379 g/mol. The molecule has 2 N–H and O–H groups in total. The molecule has 0 aliphatic carbocycles. The van der Waals surface area contributed by atoms with Crippen molar-refractivity contribution < 1.29 is 9.59 Å². The first kappa shape index (κ1) is 18.3. The van der Waals surface area contributed by atoms with Crippen molar-refractivity contribution in [2.75, 3.05) is 19.6 Å². The van der Waals surface area contributed by atoms with Crippen LogP contribution in [0.3, 0.4) is 0 Å². The third kappa shape index (κ3) is 3.52. The first-order valence-corrected chi connectivity index (χ1v) is 9.81. The number of hydrogen-bond donors (Lipinski definition) is 2. The van der Waals surface area contributed by atoms with Crippen LogP contribution in [0.2, 0.25) is 0 Å². The average molecular weight is 379 g/mol. The van der Waals surface area contributed by atoms with Gasteiger partial charge < -0.3 is 15.2 Å². The van der Waals surface area contributed by atoms with E-state index in [-0.39, 0.29) is 17.7 Å². The summed E-state index contributed by atoms with van der Waals surface area (Å²) in [5.41, 5.74) is 2.90. The van der Waals surface area contributed by atoms with Gasteiger partial charge in [-0.3, -0.25) is 14.3 Å². The number of hydrogen-bond acceptors (Lipinski definition) is 3. The molecule has 146 valence electrons. The van der Waals surface area contributed by atoms with Gasteiger partial charge in [-0.15, -0.1) is 0 Å². The summed E-state index contributed by atoms with van der Waals surface area (Å²) in [6.07, 6.45) is 5.12. The summed E-state index contributed by atoms with van der Waals surface area (Å²) in [5, 5.41) is 8.39. The fraction of sp³-hybridized carbons (Fsp3) is 0.381. The van der Waals surface area contributed by atoms with E-state index in [1.165, 1.54) is 10.9 Å². The number of benzene rings is 1. The number of para-hydroxylation sites is 1. The molecule has 7 heteroatoms. The van der Waals surface area contributed by atoms with Gasteiger partial charge in [-0.1, -0.05) is 18.2 Å². The van der Waals surface area contributed by atoms with Gasteiger partial charge in [0.25, 0.3) is 5.91 Å². The molecule has 0 radical (unpaired) electrons. The quantitative estimate of drug-likeness (QED) is 0.689. The molecule has 2 aromatic heterocycles. The predicted octanol–water partition coefficient (Wildman–Crippen LogP) is 2.21. The standard InChI is InChI=1S/C21H25N5O2/c1-2-26-19(8-11-24-26)21(28)25-12-9-16(14-25)20(27)22-10-7-15-13-23-18-6-4-3-5-17(15)18/h3-6,8,11,13,16,23H,2,7,9-10,12,14H2,1H3,(H,22,27)/t16-/m1/s1. The van der Waals surface area contributed by atoms with Crippen LogP contribution in [-0.4, -0.2) is 51.1 Å². The first-order chi connectivity index (χ1) is 13.7. The first-order valence-electron chi connectivity index (χ1n) is 9.81. The van der Waals surface area contributed by atoms with E-state index in [0.717, 1.165) is 11.9 Å². The molecule has 1 fully saturated rings. The Hall–Kier alpha value is -3.09. The summed E-state index contributed by atoms with van der Waals surface area (Å²) in [7, 11) is 0. The van der Waals surface area contributed by atoms with Crippen molar-refractivity contribution in [2.45, 2.75) is 26.3 Å². The zero-order valence-electron chi connectivity index (χ0n) is 16.0. The van der Waals surface area contributed by atoms with Gasteiger partial charge in [0.15, 0.2) is 0 Å². The number of aromatic nitrogens is 3. The molecule has 28 heavy (non-hydrogen) atoms. The fourth-order valence-corrected chi connectivity index (χ4v) is 3.89. The summed E-state index contributed by atoms with van der Waals surface area (Å²) in [6.45, 7) is 4.27. The molecule has 0 bridgehead atoms. The molecule has 1 saturated heterocycles. The SMILES string of the molecule is CCn1nccc1C(=O)N1CC[C@@H](C(=O)NCCc2c[nH]c3ccccc23)C1. The van der Waals surface area contributed by atoms with Crippen molar-refractivity contribution in [1.82, 2.24) is 25.0 Å². The number of aryl methyl sites for hydroxylation is 1. The third-order valence-electron chi connectivity index (χ3n) is 5.45. The summed E-state index contributed by atoms with van der Waals surface area (Å²) in [4.78, 5) is 30.2. The van der Waals surface area contributed by atoms with Gasteiger partial charge in [0.2, 0.25) is 5.91 Å². The number of nitrogens with zero attached hydrogens (tertiary/aromatic N) is 3. The molecule has 3 aromatic rings. The molecule has 0 unspecified atom stereocenters. The van der Waals surface area contributed by atoms with Crippen molar-refractivity contribution in [3.05, 3.63) is 54.0 Å². The molecule has 4 rings (SSSR count). The smallest absolute Gasteiger partial charge is 0.272 e. The minimum atomic E-state index is -0.148. The van der Waals surface area contributed by atoms with E-state index in [9.17, 15) is 9.59 Å². The molecule has 0 spiro atoms. The molecule has 1 aromatic carbocycles. The van der Waals surface area contributed by atoms with Crippen LogP contribution in [0, 0.1) is 5.92 Å². The van der Waals surface area contributed by atoms with Crippen LogP contribution in [0.15, 0.2) is 42.7 Å². The van der Waals surface area contributed by atoms with Crippen molar-refractivity contribution in [2.24, 2.45) is 5.92 Å². The van der Waals surface area contributed by atoms with Gasteiger partial charge in [-0.25, -0.2) is 0 Å². The van der Waals surface area contributed by atoms with E-state index >= 15 is 0 Å². The van der Waals surface area contributed by atoms with E-state index in [4.69, 9.17) is 0 Å². The second-order valence-corrected chi connectivity index (χ2v) is 7.17. The normalized spacial score (nSPS) is 16.6. The lowest BCUT2D eigenvalue weighted by Gasteiger charge is -2.17. The Bertz CT molecular complexity index is 990. The summed E-state index contributed by atoms with van der Waals surface area (Å²) in [5.74, 6) is -0.169. The number of likely N-dealkylation sites (tertiary alicyclic amines) is 1. The van der Waals surface area contributed by atoms with Gasteiger partial charge in [0.1, 0.15) is 5.69 Å². The largest absolute Gasteiger partial charge is 0.361 e. The van der Waals surface area contributed by atoms with Gasteiger partial charge in [-0.05, 0) is 37.5 Å². The Morgan fingerprint density at radius 1 is 1.29 bits per heavy atom. The average Bonchev–Trinajstić information content (AvgIpc) is 3.46. The van der Waals surface area contributed by atoms with Crippen LogP contribution in [-0.2, 0) is 17.8 Å². The van der Waals surface area contributed by atoms with E-state index in [2.05, 4.69) is 21.5 Å². The molecule has 0 saturated carbocycles. The van der Waals surface area contributed by atoms with Crippen molar-refractivity contribution in [3.8, 4) is 0 Å². The van der Waals surface area contributed by atoms with E-state index in [1.807, 2.05) is 31.3 Å². The third-order valence-corrected chi connectivity index (χ3v) is 5.45. The minimum absolute atomic E-state index is 0.0270. The molecule has 1 aliphatic rings. The summed E-state index contributed by atoms with van der Waals surface area (Å²) in [6, 6.07) is 9.90. The minimum Gasteiger partial charge on any atom is -0.361 e. The van der Waals surface area contributed by atoms with Gasteiger partial charge in [0, 0.05) is 49.5 Å². The summed E-state index contributed by atoms with van der Waals surface area (Å²) >= 11 is 0. The Morgan fingerprint density at radius 3 is 3.00 bits per heavy atom. The van der Waals surface area contributed by atoms with E-state index in [1.54, 1.807) is 21.8 Å². The van der Waals surface area contributed by atoms with E-state index in [0.29, 0.717) is 38.3 Å². The maximum atomic E-state index is 12.7. The van der Waals surface area contributed by atoms with Crippen LogP contribution < -0.4 is 5.32 Å². The Morgan fingerprint density at radius 2 is 2.14 bits per heavy atom. The second-order valence-electron chi connectivity index (χ2n) is 7.17. The highest BCUT2D eigenvalue weighted by Gasteiger charge is 2.32. The van der Waals surface area contributed by atoms with Crippen LogP contribution in [0.1, 0.15) is 29.4 Å². The number of aromatic amines is 1. The Labute approximate surface area is 163 Å². The second kappa shape index (κ2) is 7.88. The van der Waals surface area contributed by atoms with Gasteiger partial charge >= 0.3 is 0 Å². The molecule has 1 atom stereocenters. The maximum Gasteiger partial charge on any atom is 0.272 e. The van der Waals surface area contributed by atoms with Crippen molar-refractivity contribution >= 4 is 22.7 Å². The molecule has 7 nitrogen and oxygen atoms in total. The highest BCUT2D eigenvalue weighted by molar-refractivity contribution is 5.93. The number of amides is 2. The topological polar surface area (TPSA) is 83.0 Å². The van der Waals surface area contributed by atoms with Gasteiger partial charge in [-0.2, -0.15) is 5.10 Å². The zero-order chi connectivity index (χ0) is 19.5. The number of carbonyl (C=O) groups is 2. The molecular formula is C21H25N5O2. The van der Waals surface area contributed by atoms with Crippen molar-refractivity contribution in [3.63, 3.8) is 0 Å². The lowest BCUT2D eigenvalue weighted by molar-refractivity contribution is -0.124. The molecule has 3 heterocycles. The van der Waals surface area contributed by atoms with Crippen LogP contribution in [0.5, 0.6) is 0 Å². The Balaban J connectivity index is 1.29. The highest BCUT2D eigenvalue weighted by atomic mass is 16.2.